The van der Waals surface area contributed by atoms with E-state index in [4.69, 9.17) is 4.74 Å². The number of rotatable bonds is 16. The van der Waals surface area contributed by atoms with Gasteiger partial charge in [-0.15, -0.1) is 0 Å². The number of benzene rings is 1. The van der Waals surface area contributed by atoms with E-state index < -0.39 is 0 Å². The molecule has 0 saturated carbocycles. The molecule has 0 amide bonds. The van der Waals surface area contributed by atoms with Gasteiger partial charge in [0.05, 0.1) is 20.6 Å². The van der Waals surface area contributed by atoms with Crippen LogP contribution in [0, 0.1) is 0 Å². The summed E-state index contributed by atoms with van der Waals surface area (Å²) >= 11 is 0. The smallest absolute Gasteiger partial charge is 0.362 e. The monoisotopic (exact) mass is 423 g/mol. The summed E-state index contributed by atoms with van der Waals surface area (Å²) in [6.45, 7) is 4.08. The first-order valence-corrected chi connectivity index (χ1v) is 11.2. The summed E-state index contributed by atoms with van der Waals surface area (Å²) < 4.78 is 6.06. The Balaban J connectivity index is 0.00000784. The third-order valence-corrected chi connectivity index (χ3v) is 5.12. The first-order chi connectivity index (χ1) is 13.5. The van der Waals surface area contributed by atoms with E-state index in [1.165, 1.54) is 64.2 Å². The predicted molar refractivity (Wildman–Crippen MR) is 120 cm³/mol. The van der Waals surface area contributed by atoms with Crippen LogP contribution in [0.2, 0.25) is 0 Å². The minimum atomic E-state index is -0.116. The third kappa shape index (κ3) is 16.2. The van der Waals surface area contributed by atoms with Gasteiger partial charge in [-0.05, 0) is 24.5 Å². The van der Waals surface area contributed by atoms with Gasteiger partial charge < -0.3 is 21.6 Å². The van der Waals surface area contributed by atoms with Crippen LogP contribution in [0.15, 0.2) is 36.4 Å². The summed E-state index contributed by atoms with van der Waals surface area (Å²) in [7, 11) is 4.24. The quantitative estimate of drug-likeness (QED) is 0.232. The number of esters is 1. The highest BCUT2D eigenvalue weighted by molar-refractivity contribution is 5.70. The summed E-state index contributed by atoms with van der Waals surface area (Å²) in [4.78, 5) is 12.1. The highest BCUT2D eigenvalue weighted by Crippen LogP contribution is 2.11. The molecular weight excluding hydrogens is 382 g/mol. The minimum absolute atomic E-state index is 0. The van der Waals surface area contributed by atoms with E-state index in [9.17, 15) is 4.79 Å². The lowest BCUT2D eigenvalue weighted by Gasteiger charge is -2.28. The van der Waals surface area contributed by atoms with Crippen molar-refractivity contribution in [2.75, 3.05) is 33.8 Å². The van der Waals surface area contributed by atoms with E-state index in [-0.39, 0.29) is 18.4 Å². The van der Waals surface area contributed by atoms with E-state index in [1.54, 1.807) is 0 Å². The Hall–Kier alpha value is -1.32. The molecule has 0 aromatic heterocycles. The number of carbonyl (C=O) groups is 1. The maximum absolute atomic E-state index is 12.1. The number of likely N-dealkylation sites (N-methyl/N-ethyl adjacent to an activating group) is 1. The number of ether oxygens (including phenoxy) is 1. The lowest BCUT2D eigenvalue weighted by atomic mass is 10.1. The normalized spacial score (nSPS) is 11.4. The molecule has 1 aromatic carbocycles. The summed E-state index contributed by atoms with van der Waals surface area (Å²) in [6.07, 6.45) is 17.3. The van der Waals surface area contributed by atoms with E-state index in [2.05, 4.69) is 21.0 Å². The molecule has 0 bridgehead atoms. The molecule has 29 heavy (non-hydrogen) atoms. The van der Waals surface area contributed by atoms with Crippen LogP contribution >= 0.6 is 0 Å². The highest BCUT2D eigenvalue weighted by Gasteiger charge is 2.20. The standard InChI is InChI=1S/C25H42NO2.ClH/c1-4-5-6-7-8-9-10-11-12-16-21-26(2,3)23-25(27)28-22-17-20-24-18-14-13-15-19-24;/h13-15,17-20H,4-12,16,21-23H2,1-3H3;1H/q+1;/p-1/b20-17+;. The van der Waals surface area contributed by atoms with Crippen LogP contribution in [-0.4, -0.2) is 44.2 Å². The van der Waals surface area contributed by atoms with Gasteiger partial charge in [0.25, 0.3) is 0 Å². The number of halogens is 1. The average Bonchev–Trinajstić information content (AvgIpc) is 2.67. The molecule has 0 fully saturated rings. The molecule has 0 aliphatic rings. The van der Waals surface area contributed by atoms with Crippen molar-refractivity contribution in [3.05, 3.63) is 42.0 Å². The topological polar surface area (TPSA) is 26.3 Å². The Morgan fingerprint density at radius 3 is 2.03 bits per heavy atom. The average molecular weight is 424 g/mol. The SMILES string of the molecule is CCCCCCCCCCCC[N+](C)(C)CC(=O)OC/C=C/c1ccccc1.[Cl-]. The van der Waals surface area contributed by atoms with Crippen molar-refractivity contribution >= 4 is 12.0 Å². The second kappa shape index (κ2) is 17.5. The summed E-state index contributed by atoms with van der Waals surface area (Å²) in [5.41, 5.74) is 1.12. The predicted octanol–water partition coefficient (Wildman–Crippen LogP) is 3.24. The Kier molecular flexibility index (Phi) is 16.7. The van der Waals surface area contributed by atoms with Gasteiger partial charge in [0, 0.05) is 0 Å². The molecular formula is C25H42ClNO2. The molecule has 3 nitrogen and oxygen atoms in total. The van der Waals surface area contributed by atoms with Crippen LogP contribution in [0.5, 0.6) is 0 Å². The molecule has 0 heterocycles. The van der Waals surface area contributed by atoms with Crippen molar-refractivity contribution in [2.45, 2.75) is 71.1 Å². The van der Waals surface area contributed by atoms with Crippen molar-refractivity contribution in [3.8, 4) is 0 Å². The number of quaternary nitrogens is 1. The van der Waals surface area contributed by atoms with Gasteiger partial charge in [0.1, 0.15) is 6.61 Å². The molecule has 0 aliphatic carbocycles. The van der Waals surface area contributed by atoms with Gasteiger partial charge in [-0.2, -0.15) is 0 Å². The Labute approximate surface area is 185 Å². The number of unbranched alkanes of at least 4 members (excludes halogenated alkanes) is 9. The van der Waals surface area contributed by atoms with E-state index in [0.717, 1.165) is 12.1 Å². The van der Waals surface area contributed by atoms with E-state index >= 15 is 0 Å². The molecule has 0 saturated heterocycles. The number of carbonyl (C=O) groups excluding carboxylic acids is 1. The molecule has 0 N–H and O–H groups in total. The second-order valence-electron chi connectivity index (χ2n) is 8.50. The van der Waals surface area contributed by atoms with Crippen molar-refractivity contribution in [2.24, 2.45) is 0 Å². The van der Waals surface area contributed by atoms with E-state index in [1.807, 2.05) is 42.5 Å². The zero-order valence-corrected chi connectivity index (χ0v) is 19.6. The second-order valence-corrected chi connectivity index (χ2v) is 8.50. The van der Waals surface area contributed by atoms with Crippen LogP contribution in [0.25, 0.3) is 6.08 Å². The Bertz CT molecular complexity index is 543. The maximum Gasteiger partial charge on any atom is 0.362 e. The third-order valence-electron chi connectivity index (χ3n) is 5.12. The van der Waals surface area contributed by atoms with Gasteiger partial charge in [-0.25, -0.2) is 4.79 Å². The van der Waals surface area contributed by atoms with Gasteiger partial charge >= 0.3 is 5.97 Å². The largest absolute Gasteiger partial charge is 1.00 e. The number of nitrogens with zero attached hydrogens (tertiary/aromatic N) is 1. The van der Waals surface area contributed by atoms with Crippen molar-refractivity contribution < 1.29 is 26.4 Å². The minimum Gasteiger partial charge on any atom is -1.00 e. The van der Waals surface area contributed by atoms with Gasteiger partial charge in [-0.3, -0.25) is 0 Å². The van der Waals surface area contributed by atoms with Crippen LogP contribution in [-0.2, 0) is 9.53 Å². The highest BCUT2D eigenvalue weighted by atomic mass is 35.5. The van der Waals surface area contributed by atoms with Crippen LogP contribution < -0.4 is 12.4 Å². The van der Waals surface area contributed by atoms with Crippen LogP contribution in [0.4, 0.5) is 0 Å². The van der Waals surface area contributed by atoms with Crippen LogP contribution in [0.1, 0.15) is 76.7 Å². The zero-order chi connectivity index (χ0) is 20.5. The molecule has 0 radical (unpaired) electrons. The van der Waals surface area contributed by atoms with Gasteiger partial charge in [0.2, 0.25) is 0 Å². The molecule has 0 unspecified atom stereocenters. The fourth-order valence-electron chi connectivity index (χ4n) is 3.39. The van der Waals surface area contributed by atoms with Gasteiger partial charge in [-0.1, -0.05) is 94.7 Å². The molecule has 166 valence electrons. The first-order valence-electron chi connectivity index (χ1n) is 11.2. The molecule has 1 rings (SSSR count). The summed E-state index contributed by atoms with van der Waals surface area (Å²) in [5, 5.41) is 0. The lowest BCUT2D eigenvalue weighted by Crippen LogP contribution is -3.00. The zero-order valence-electron chi connectivity index (χ0n) is 18.9. The number of hydrogen-bond acceptors (Lipinski definition) is 2. The molecule has 0 spiro atoms. The molecule has 4 heteroatoms. The fourth-order valence-corrected chi connectivity index (χ4v) is 3.39. The molecule has 0 aliphatic heterocycles. The molecule has 1 aromatic rings. The summed E-state index contributed by atoms with van der Waals surface area (Å²) in [6, 6.07) is 10.1. The Morgan fingerprint density at radius 2 is 1.45 bits per heavy atom. The Morgan fingerprint density at radius 1 is 0.897 bits per heavy atom. The first kappa shape index (κ1) is 27.7. The lowest BCUT2D eigenvalue weighted by molar-refractivity contribution is -0.883. The number of hydrogen-bond donors (Lipinski definition) is 0. The summed E-state index contributed by atoms with van der Waals surface area (Å²) in [5.74, 6) is -0.116. The van der Waals surface area contributed by atoms with Gasteiger partial charge in [0.15, 0.2) is 6.54 Å². The van der Waals surface area contributed by atoms with Crippen LogP contribution in [0.3, 0.4) is 0 Å². The maximum atomic E-state index is 12.1. The molecule has 0 atom stereocenters. The fraction of sp³-hybridized carbons (Fsp3) is 0.640. The van der Waals surface area contributed by atoms with Crippen molar-refractivity contribution in [1.29, 1.82) is 0 Å². The van der Waals surface area contributed by atoms with Crippen molar-refractivity contribution in [3.63, 3.8) is 0 Å². The van der Waals surface area contributed by atoms with E-state index in [0.29, 0.717) is 17.6 Å². The van der Waals surface area contributed by atoms with Crippen molar-refractivity contribution in [1.82, 2.24) is 0 Å².